The number of carbonyl (C=O) groups excluding carboxylic acids is 1. The fraction of sp³-hybridized carbons (Fsp3) is 0.0952. The Bertz CT molecular complexity index is 1130. The second-order valence-corrected chi connectivity index (χ2v) is 6.14. The van der Waals surface area contributed by atoms with Gasteiger partial charge < -0.3 is 10.1 Å². The number of nitrogens with one attached hydrogen (secondary N) is 1. The molecular weight excluding hydrogens is 340 g/mol. The molecule has 2 aromatic heterocycles. The van der Waals surface area contributed by atoms with Crippen LogP contribution in [0.3, 0.4) is 0 Å². The van der Waals surface area contributed by atoms with Gasteiger partial charge in [-0.25, -0.2) is 4.68 Å². The van der Waals surface area contributed by atoms with Gasteiger partial charge in [-0.1, -0.05) is 18.2 Å². The second kappa shape index (κ2) is 6.92. The number of anilines is 1. The van der Waals surface area contributed by atoms with Crippen LogP contribution in [-0.2, 0) is 0 Å². The third-order valence-corrected chi connectivity index (χ3v) is 4.35. The Balaban J connectivity index is 1.65. The molecule has 6 nitrogen and oxygen atoms in total. The van der Waals surface area contributed by atoms with Gasteiger partial charge in [0.15, 0.2) is 5.69 Å². The van der Waals surface area contributed by atoms with Gasteiger partial charge in [0.1, 0.15) is 5.75 Å². The highest BCUT2D eigenvalue weighted by molar-refractivity contribution is 6.08. The molecule has 2 aromatic carbocycles. The van der Waals surface area contributed by atoms with Gasteiger partial charge >= 0.3 is 0 Å². The molecule has 27 heavy (non-hydrogen) atoms. The summed E-state index contributed by atoms with van der Waals surface area (Å²) < 4.78 is 6.99. The zero-order valence-corrected chi connectivity index (χ0v) is 15.0. The average Bonchev–Trinajstić information content (AvgIpc) is 3.10. The van der Waals surface area contributed by atoms with Gasteiger partial charge in [0.25, 0.3) is 5.91 Å². The number of hydrogen-bond acceptors (Lipinski definition) is 4. The predicted octanol–water partition coefficient (Wildman–Crippen LogP) is 3.99. The molecule has 0 spiro atoms. The molecule has 0 unspecified atom stereocenters. The summed E-state index contributed by atoms with van der Waals surface area (Å²) in [6, 6.07) is 16.9. The molecule has 2 heterocycles. The van der Waals surface area contributed by atoms with Crippen LogP contribution < -0.4 is 10.1 Å². The van der Waals surface area contributed by atoms with Crippen molar-refractivity contribution in [3.8, 4) is 11.4 Å². The van der Waals surface area contributed by atoms with Crippen LogP contribution in [0.4, 0.5) is 5.69 Å². The van der Waals surface area contributed by atoms with Crippen molar-refractivity contribution in [1.29, 1.82) is 0 Å². The van der Waals surface area contributed by atoms with Crippen LogP contribution in [0.2, 0.25) is 0 Å². The lowest BCUT2D eigenvalue weighted by molar-refractivity contribution is 0.102. The number of nitrogens with zero attached hydrogens (tertiary/aromatic N) is 3. The number of rotatable bonds is 4. The molecule has 0 saturated heterocycles. The van der Waals surface area contributed by atoms with E-state index in [2.05, 4.69) is 15.4 Å². The average molecular weight is 358 g/mol. The Morgan fingerprint density at radius 1 is 1.11 bits per heavy atom. The summed E-state index contributed by atoms with van der Waals surface area (Å²) in [6.45, 7) is 1.91. The highest BCUT2D eigenvalue weighted by Crippen LogP contribution is 2.23. The Labute approximate surface area is 156 Å². The van der Waals surface area contributed by atoms with Gasteiger partial charge in [0.2, 0.25) is 0 Å². The Hall–Kier alpha value is -3.67. The molecule has 4 aromatic rings. The normalized spacial score (nSPS) is 10.7. The fourth-order valence-electron chi connectivity index (χ4n) is 3.01. The van der Waals surface area contributed by atoms with Crippen LogP contribution in [-0.4, -0.2) is 27.8 Å². The van der Waals surface area contributed by atoms with Gasteiger partial charge in [-0.3, -0.25) is 9.78 Å². The quantitative estimate of drug-likeness (QED) is 0.599. The van der Waals surface area contributed by atoms with Crippen molar-refractivity contribution in [1.82, 2.24) is 14.8 Å². The Morgan fingerprint density at radius 2 is 1.96 bits per heavy atom. The first-order valence-electron chi connectivity index (χ1n) is 8.51. The van der Waals surface area contributed by atoms with E-state index in [4.69, 9.17) is 4.74 Å². The molecule has 1 amide bonds. The molecule has 134 valence electrons. The van der Waals surface area contributed by atoms with Crippen LogP contribution in [0.1, 0.15) is 16.2 Å². The van der Waals surface area contributed by atoms with E-state index in [0.29, 0.717) is 5.69 Å². The van der Waals surface area contributed by atoms with Crippen molar-refractivity contribution in [3.63, 3.8) is 0 Å². The topological polar surface area (TPSA) is 69.0 Å². The first-order chi connectivity index (χ1) is 13.2. The number of ether oxygens (including phenoxy) is 1. The number of aryl methyl sites for hydroxylation is 1. The number of methoxy groups -OCH3 is 1. The third kappa shape index (κ3) is 3.25. The number of hydrogen-bond donors (Lipinski definition) is 1. The lowest BCUT2D eigenvalue weighted by Crippen LogP contribution is -2.13. The summed E-state index contributed by atoms with van der Waals surface area (Å²) in [4.78, 5) is 16.9. The van der Waals surface area contributed by atoms with E-state index in [1.54, 1.807) is 30.3 Å². The van der Waals surface area contributed by atoms with Gasteiger partial charge in [-0.2, -0.15) is 5.10 Å². The summed E-state index contributed by atoms with van der Waals surface area (Å²) in [6.07, 6.45) is 3.48. The first kappa shape index (κ1) is 16.8. The van der Waals surface area contributed by atoms with Crippen molar-refractivity contribution in [3.05, 3.63) is 78.4 Å². The number of carbonyl (C=O) groups is 1. The van der Waals surface area contributed by atoms with Crippen LogP contribution in [0, 0.1) is 6.92 Å². The molecule has 0 aliphatic heterocycles. The number of benzene rings is 2. The van der Waals surface area contributed by atoms with E-state index in [-0.39, 0.29) is 5.91 Å². The number of aromatic nitrogens is 3. The molecule has 0 aliphatic rings. The molecule has 0 atom stereocenters. The maximum Gasteiger partial charge on any atom is 0.276 e. The molecule has 4 rings (SSSR count). The van der Waals surface area contributed by atoms with Crippen molar-refractivity contribution < 1.29 is 9.53 Å². The van der Waals surface area contributed by atoms with Gasteiger partial charge in [-0.15, -0.1) is 0 Å². The van der Waals surface area contributed by atoms with Crippen LogP contribution in [0.5, 0.6) is 5.75 Å². The molecule has 6 heteroatoms. The largest absolute Gasteiger partial charge is 0.497 e. The highest BCUT2D eigenvalue weighted by Gasteiger charge is 2.15. The highest BCUT2D eigenvalue weighted by atomic mass is 16.5. The van der Waals surface area contributed by atoms with Crippen molar-refractivity contribution >= 4 is 22.4 Å². The van der Waals surface area contributed by atoms with Gasteiger partial charge in [0, 0.05) is 40.6 Å². The maximum absolute atomic E-state index is 12.8. The summed E-state index contributed by atoms with van der Waals surface area (Å²) in [5.41, 5.74) is 2.77. The summed E-state index contributed by atoms with van der Waals surface area (Å²) in [5.74, 6) is 0.474. The zero-order chi connectivity index (χ0) is 18.8. The molecule has 0 fully saturated rings. The second-order valence-electron chi connectivity index (χ2n) is 6.14. The van der Waals surface area contributed by atoms with Crippen molar-refractivity contribution in [2.45, 2.75) is 6.92 Å². The molecule has 0 aliphatic carbocycles. The van der Waals surface area contributed by atoms with Crippen LogP contribution >= 0.6 is 0 Å². The van der Waals surface area contributed by atoms with E-state index in [1.807, 2.05) is 55.5 Å². The third-order valence-electron chi connectivity index (χ3n) is 4.35. The number of pyridine rings is 1. The van der Waals surface area contributed by atoms with Gasteiger partial charge in [-0.05, 0) is 37.3 Å². The van der Waals surface area contributed by atoms with Crippen LogP contribution in [0.15, 0.2) is 67.0 Å². The van der Waals surface area contributed by atoms with E-state index in [9.17, 15) is 4.79 Å². The first-order valence-corrected chi connectivity index (χ1v) is 8.51. The summed E-state index contributed by atoms with van der Waals surface area (Å²) in [7, 11) is 1.62. The standard InChI is InChI=1S/C21H18N4O2/c1-14-11-20(24-25(14)16-6-4-7-17(12-16)27-2)21(26)23-19-8-3-5-15-13-22-10-9-18(15)19/h3-13H,1-2H3,(H,23,26). The van der Waals surface area contributed by atoms with Crippen LogP contribution in [0.25, 0.3) is 16.5 Å². The monoisotopic (exact) mass is 358 g/mol. The summed E-state index contributed by atoms with van der Waals surface area (Å²) in [5, 5.41) is 9.32. The summed E-state index contributed by atoms with van der Waals surface area (Å²) >= 11 is 0. The van der Waals surface area contributed by atoms with E-state index in [1.165, 1.54) is 0 Å². The van der Waals surface area contributed by atoms with E-state index < -0.39 is 0 Å². The minimum Gasteiger partial charge on any atom is -0.497 e. The molecule has 0 bridgehead atoms. The fourth-order valence-corrected chi connectivity index (χ4v) is 3.01. The molecule has 0 radical (unpaired) electrons. The molecule has 1 N–H and O–H groups in total. The number of fused-ring (bicyclic) bond motifs is 1. The Morgan fingerprint density at radius 3 is 2.81 bits per heavy atom. The lowest BCUT2D eigenvalue weighted by atomic mass is 10.1. The minimum absolute atomic E-state index is 0.260. The van der Waals surface area contributed by atoms with E-state index in [0.717, 1.165) is 33.6 Å². The molecular formula is C21H18N4O2. The SMILES string of the molecule is COc1cccc(-n2nc(C(=O)Nc3cccc4cnccc34)cc2C)c1. The lowest BCUT2D eigenvalue weighted by Gasteiger charge is -2.07. The molecule has 0 saturated carbocycles. The van der Waals surface area contributed by atoms with E-state index >= 15 is 0 Å². The zero-order valence-electron chi connectivity index (χ0n) is 15.0. The smallest absolute Gasteiger partial charge is 0.276 e. The Kier molecular flexibility index (Phi) is 4.30. The maximum atomic E-state index is 12.8. The predicted molar refractivity (Wildman–Crippen MR) is 105 cm³/mol. The minimum atomic E-state index is -0.260. The number of amides is 1. The van der Waals surface area contributed by atoms with Crippen molar-refractivity contribution in [2.24, 2.45) is 0 Å². The van der Waals surface area contributed by atoms with Crippen molar-refractivity contribution in [2.75, 3.05) is 12.4 Å². The van der Waals surface area contributed by atoms with Gasteiger partial charge in [0.05, 0.1) is 12.8 Å².